The minimum atomic E-state index is -0.115. The summed E-state index contributed by atoms with van der Waals surface area (Å²) < 4.78 is 0.926. The maximum absolute atomic E-state index is 12.4. The van der Waals surface area contributed by atoms with Crippen molar-refractivity contribution in [3.05, 3.63) is 28.9 Å². The van der Waals surface area contributed by atoms with Crippen molar-refractivity contribution in [3.63, 3.8) is 0 Å². The van der Waals surface area contributed by atoms with Crippen LogP contribution in [-0.4, -0.2) is 47.8 Å². The van der Waals surface area contributed by atoms with Gasteiger partial charge in [0.15, 0.2) is 6.29 Å². The lowest BCUT2D eigenvalue weighted by Gasteiger charge is -2.30. The number of rotatable bonds is 3. The van der Waals surface area contributed by atoms with Crippen LogP contribution in [0.5, 0.6) is 0 Å². The Morgan fingerprint density at radius 3 is 3.14 bits per heavy atom. The van der Waals surface area contributed by atoms with Crippen molar-refractivity contribution >= 4 is 33.6 Å². The van der Waals surface area contributed by atoms with Gasteiger partial charge in [0.05, 0.1) is 4.88 Å². The Balaban J connectivity index is 1.51. The summed E-state index contributed by atoms with van der Waals surface area (Å²) in [4.78, 5) is 30.6. The van der Waals surface area contributed by atoms with Crippen LogP contribution in [-0.2, 0) is 0 Å². The number of hydrogen-bond donors (Lipinski definition) is 1. The van der Waals surface area contributed by atoms with Crippen molar-refractivity contribution in [3.8, 4) is 0 Å². The Hall–Kier alpha value is -1.79. The second kappa shape index (κ2) is 5.44. The van der Waals surface area contributed by atoms with Gasteiger partial charge in [0.2, 0.25) is 0 Å². The van der Waals surface area contributed by atoms with E-state index in [1.54, 1.807) is 18.3 Å². The monoisotopic (exact) mass is 315 g/mol. The molecule has 6 heteroatoms. The molecule has 0 aromatic carbocycles. The van der Waals surface area contributed by atoms with E-state index in [0.717, 1.165) is 41.8 Å². The van der Waals surface area contributed by atoms with E-state index in [9.17, 15) is 9.59 Å². The standard InChI is InChI=1S/C16H17N3O2S/c20-9-13-4-11-6-17-14(5-15(11)22-13)16(21)18-12-3-10-1-2-19(7-10)8-12/h4-6,9-10,12H,1-3,7-8H2,(H,18,21)/t10-,12-/m1/s1. The minimum absolute atomic E-state index is 0.115. The Morgan fingerprint density at radius 2 is 2.32 bits per heavy atom. The average molecular weight is 315 g/mol. The first-order valence-corrected chi connectivity index (χ1v) is 8.41. The molecule has 1 amide bonds. The highest BCUT2D eigenvalue weighted by Gasteiger charge is 2.33. The lowest BCUT2D eigenvalue weighted by atomic mass is 9.97. The van der Waals surface area contributed by atoms with E-state index in [1.165, 1.54) is 24.3 Å². The van der Waals surface area contributed by atoms with Crippen LogP contribution in [0.3, 0.4) is 0 Å². The average Bonchev–Trinajstić information content (AvgIpc) is 3.09. The van der Waals surface area contributed by atoms with Gasteiger partial charge in [-0.15, -0.1) is 11.3 Å². The molecule has 2 fully saturated rings. The molecule has 2 saturated heterocycles. The number of nitrogens with one attached hydrogen (secondary N) is 1. The van der Waals surface area contributed by atoms with Crippen LogP contribution in [0.25, 0.3) is 10.1 Å². The first-order valence-electron chi connectivity index (χ1n) is 7.59. The first kappa shape index (κ1) is 13.8. The van der Waals surface area contributed by atoms with Crippen LogP contribution < -0.4 is 5.32 Å². The third kappa shape index (κ3) is 2.53. The van der Waals surface area contributed by atoms with Crippen molar-refractivity contribution in [1.82, 2.24) is 15.2 Å². The number of carbonyl (C=O) groups excluding carboxylic acids is 2. The van der Waals surface area contributed by atoms with Gasteiger partial charge in [-0.25, -0.2) is 0 Å². The summed E-state index contributed by atoms with van der Waals surface area (Å²) >= 11 is 1.39. The SMILES string of the molecule is O=Cc1cc2cnc(C(=O)N[C@@H]3C[C@H]4CCN(C4)C3)cc2s1. The molecule has 0 radical (unpaired) electrons. The van der Waals surface area contributed by atoms with Crippen molar-refractivity contribution in [2.75, 3.05) is 19.6 Å². The first-order chi connectivity index (χ1) is 10.7. The smallest absolute Gasteiger partial charge is 0.270 e. The van der Waals surface area contributed by atoms with Crippen LogP contribution >= 0.6 is 11.3 Å². The third-order valence-electron chi connectivity index (χ3n) is 4.57. The van der Waals surface area contributed by atoms with Gasteiger partial charge in [0.1, 0.15) is 5.69 Å². The largest absolute Gasteiger partial charge is 0.347 e. The lowest BCUT2D eigenvalue weighted by Crippen LogP contribution is -2.47. The van der Waals surface area contributed by atoms with Crippen LogP contribution in [0.1, 0.15) is 33.0 Å². The number of carbonyl (C=O) groups is 2. The maximum Gasteiger partial charge on any atom is 0.270 e. The normalized spacial score (nSPS) is 27.0. The van der Waals surface area contributed by atoms with Gasteiger partial charge in [-0.3, -0.25) is 14.6 Å². The molecule has 4 heterocycles. The topological polar surface area (TPSA) is 62.3 Å². The van der Waals surface area contributed by atoms with E-state index in [0.29, 0.717) is 10.6 Å². The summed E-state index contributed by atoms with van der Waals surface area (Å²) in [5.41, 5.74) is 0.430. The molecule has 4 rings (SSSR count). The number of amides is 1. The molecule has 2 aliphatic heterocycles. The Bertz CT molecular complexity index is 730. The fraction of sp³-hybridized carbons (Fsp3) is 0.438. The van der Waals surface area contributed by atoms with Gasteiger partial charge in [-0.2, -0.15) is 0 Å². The van der Waals surface area contributed by atoms with Crippen molar-refractivity contribution in [1.29, 1.82) is 0 Å². The molecule has 0 aliphatic carbocycles. The van der Waals surface area contributed by atoms with Crippen molar-refractivity contribution in [2.24, 2.45) is 5.92 Å². The second-order valence-corrected chi connectivity index (χ2v) is 7.31. The summed E-state index contributed by atoms with van der Waals surface area (Å²) in [6, 6.07) is 3.80. The number of hydrogen-bond acceptors (Lipinski definition) is 5. The predicted molar refractivity (Wildman–Crippen MR) is 85.4 cm³/mol. The van der Waals surface area contributed by atoms with Crippen LogP contribution in [0, 0.1) is 5.92 Å². The Morgan fingerprint density at radius 1 is 1.41 bits per heavy atom. The number of pyridine rings is 1. The predicted octanol–water partition coefficient (Wildman–Crippen LogP) is 1.93. The van der Waals surface area contributed by atoms with E-state index in [2.05, 4.69) is 15.2 Å². The molecule has 2 bridgehead atoms. The molecule has 0 saturated carbocycles. The molecule has 3 atom stereocenters. The van der Waals surface area contributed by atoms with Gasteiger partial charge in [0.25, 0.3) is 5.91 Å². The molecule has 2 aromatic rings. The van der Waals surface area contributed by atoms with Gasteiger partial charge in [-0.05, 0) is 37.4 Å². The van der Waals surface area contributed by atoms with E-state index < -0.39 is 0 Å². The molecule has 5 nitrogen and oxygen atoms in total. The third-order valence-corrected chi connectivity index (χ3v) is 5.59. The number of thiophene rings is 1. The maximum atomic E-state index is 12.4. The van der Waals surface area contributed by atoms with Crippen LogP contribution in [0.2, 0.25) is 0 Å². The summed E-state index contributed by atoms with van der Waals surface area (Å²) in [5.74, 6) is 0.609. The molecule has 1 N–H and O–H groups in total. The van der Waals surface area contributed by atoms with Crippen molar-refractivity contribution in [2.45, 2.75) is 18.9 Å². The van der Waals surface area contributed by atoms with E-state index in [4.69, 9.17) is 0 Å². The summed E-state index contributed by atoms with van der Waals surface area (Å²) in [7, 11) is 0. The van der Waals surface area contributed by atoms with E-state index in [1.807, 2.05) is 0 Å². The molecular weight excluding hydrogens is 298 g/mol. The highest BCUT2D eigenvalue weighted by molar-refractivity contribution is 7.20. The summed E-state index contributed by atoms with van der Waals surface area (Å²) in [6.45, 7) is 3.28. The van der Waals surface area contributed by atoms with E-state index in [-0.39, 0.29) is 11.9 Å². The minimum Gasteiger partial charge on any atom is -0.347 e. The lowest BCUT2D eigenvalue weighted by molar-refractivity contribution is 0.0904. The molecule has 2 aromatic heterocycles. The quantitative estimate of drug-likeness (QED) is 0.879. The molecule has 22 heavy (non-hydrogen) atoms. The number of fused-ring (bicyclic) bond motifs is 3. The zero-order chi connectivity index (χ0) is 15.1. The molecule has 114 valence electrons. The zero-order valence-corrected chi connectivity index (χ0v) is 12.9. The molecule has 2 aliphatic rings. The van der Waals surface area contributed by atoms with Crippen LogP contribution in [0.15, 0.2) is 18.3 Å². The van der Waals surface area contributed by atoms with Gasteiger partial charge >= 0.3 is 0 Å². The molecular formula is C16H17N3O2S. The summed E-state index contributed by atoms with van der Waals surface area (Å²) in [5, 5.41) is 4.02. The van der Waals surface area contributed by atoms with Gasteiger partial charge in [-0.1, -0.05) is 0 Å². The molecule has 0 spiro atoms. The fourth-order valence-electron chi connectivity index (χ4n) is 3.56. The number of aldehydes is 1. The highest BCUT2D eigenvalue weighted by Crippen LogP contribution is 2.27. The number of nitrogens with zero attached hydrogens (tertiary/aromatic N) is 2. The van der Waals surface area contributed by atoms with Crippen LogP contribution in [0.4, 0.5) is 0 Å². The van der Waals surface area contributed by atoms with Gasteiger partial charge in [0, 0.05) is 35.4 Å². The zero-order valence-electron chi connectivity index (χ0n) is 12.1. The van der Waals surface area contributed by atoms with E-state index >= 15 is 0 Å². The van der Waals surface area contributed by atoms with Gasteiger partial charge < -0.3 is 10.2 Å². The molecule has 1 unspecified atom stereocenters. The second-order valence-electron chi connectivity index (χ2n) is 6.19. The highest BCUT2D eigenvalue weighted by atomic mass is 32.1. The Kier molecular flexibility index (Phi) is 3.43. The summed E-state index contributed by atoms with van der Waals surface area (Å²) in [6.07, 6.45) is 4.82. The Labute approximate surface area is 132 Å². The number of aromatic nitrogens is 1. The van der Waals surface area contributed by atoms with Crippen molar-refractivity contribution < 1.29 is 9.59 Å². The number of piperidine rings is 1. The fourth-order valence-corrected chi connectivity index (χ4v) is 4.45.